The van der Waals surface area contributed by atoms with Gasteiger partial charge in [-0.1, -0.05) is 0 Å². The lowest BCUT2D eigenvalue weighted by atomic mass is 10.2. The largest absolute Gasteiger partial charge is 0.459 e. The zero-order chi connectivity index (χ0) is 17.1. The summed E-state index contributed by atoms with van der Waals surface area (Å²) in [6, 6.07) is 2.05. The van der Waals surface area contributed by atoms with Crippen LogP contribution in [-0.4, -0.2) is 60.8 Å². The molecule has 2 saturated heterocycles. The molecule has 1 atom stereocenters. The van der Waals surface area contributed by atoms with Crippen LogP contribution in [0.1, 0.15) is 24.0 Å². The quantitative estimate of drug-likeness (QED) is 0.432. The minimum absolute atomic E-state index is 0.376. The van der Waals surface area contributed by atoms with Crippen molar-refractivity contribution < 1.29 is 14.0 Å². The van der Waals surface area contributed by atoms with Crippen molar-refractivity contribution in [1.29, 1.82) is 5.41 Å². The number of carbonyl (C=O) groups excluding carboxylic acids is 2. The first-order chi connectivity index (χ1) is 11.5. The van der Waals surface area contributed by atoms with Crippen LogP contribution in [-0.2, 0) is 4.79 Å². The second-order valence-electron chi connectivity index (χ2n) is 6.00. The summed E-state index contributed by atoms with van der Waals surface area (Å²) >= 11 is 0. The number of rotatable bonds is 3. The van der Waals surface area contributed by atoms with Crippen molar-refractivity contribution in [1.82, 2.24) is 20.4 Å². The Balaban J connectivity index is 1.61. The monoisotopic (exact) mass is 331 g/mol. The van der Waals surface area contributed by atoms with Crippen LogP contribution in [0, 0.1) is 5.41 Å². The van der Waals surface area contributed by atoms with Crippen molar-refractivity contribution in [3.63, 3.8) is 0 Å². The molecule has 0 aliphatic carbocycles. The van der Waals surface area contributed by atoms with Gasteiger partial charge in [-0.3, -0.25) is 15.5 Å². The molecule has 1 aromatic heterocycles. The Kier molecular flexibility index (Phi) is 4.66. The van der Waals surface area contributed by atoms with Gasteiger partial charge in [-0.05, 0) is 44.3 Å². The van der Waals surface area contributed by atoms with E-state index < -0.39 is 18.0 Å². The minimum Gasteiger partial charge on any atom is -0.459 e. The molecule has 0 saturated carbocycles. The molecule has 8 nitrogen and oxygen atoms in total. The zero-order valence-corrected chi connectivity index (χ0v) is 13.5. The zero-order valence-electron chi connectivity index (χ0n) is 13.5. The SMILES string of the molecule is CN1CCCN(C(=N)/C=C\c2ccc(C3NC(=O)NC3=O)o2)CC1. The van der Waals surface area contributed by atoms with Crippen molar-refractivity contribution in [2.75, 3.05) is 33.2 Å². The van der Waals surface area contributed by atoms with E-state index in [-0.39, 0.29) is 0 Å². The van der Waals surface area contributed by atoms with Crippen molar-refractivity contribution in [2.45, 2.75) is 12.5 Å². The van der Waals surface area contributed by atoms with E-state index in [0.29, 0.717) is 17.4 Å². The van der Waals surface area contributed by atoms with E-state index in [1.165, 1.54) is 0 Å². The number of nitrogens with one attached hydrogen (secondary N) is 3. The average Bonchev–Trinajstić information content (AvgIpc) is 3.07. The summed E-state index contributed by atoms with van der Waals surface area (Å²) in [5, 5.41) is 12.8. The number of hydrogen-bond donors (Lipinski definition) is 3. The van der Waals surface area contributed by atoms with Gasteiger partial charge in [-0.2, -0.15) is 0 Å². The Bertz CT molecular complexity index is 681. The van der Waals surface area contributed by atoms with E-state index in [1.807, 2.05) is 4.90 Å². The summed E-state index contributed by atoms with van der Waals surface area (Å²) in [7, 11) is 2.09. The molecule has 1 unspecified atom stereocenters. The van der Waals surface area contributed by atoms with Gasteiger partial charge in [0.05, 0.1) is 0 Å². The van der Waals surface area contributed by atoms with Gasteiger partial charge in [0.25, 0.3) is 5.91 Å². The molecule has 0 spiro atoms. The molecule has 0 bridgehead atoms. The Morgan fingerprint density at radius 1 is 1.29 bits per heavy atom. The van der Waals surface area contributed by atoms with E-state index in [1.54, 1.807) is 24.3 Å². The van der Waals surface area contributed by atoms with Crippen molar-refractivity contribution in [2.24, 2.45) is 0 Å². The number of nitrogens with zero attached hydrogens (tertiary/aromatic N) is 2. The van der Waals surface area contributed by atoms with Crippen LogP contribution < -0.4 is 10.6 Å². The van der Waals surface area contributed by atoms with Crippen LogP contribution in [0.15, 0.2) is 22.6 Å². The summed E-state index contributed by atoms with van der Waals surface area (Å²) in [6.45, 7) is 3.68. The van der Waals surface area contributed by atoms with Gasteiger partial charge in [0, 0.05) is 19.6 Å². The highest BCUT2D eigenvalue weighted by molar-refractivity contribution is 6.04. The summed E-state index contributed by atoms with van der Waals surface area (Å²) < 4.78 is 5.58. The van der Waals surface area contributed by atoms with Gasteiger partial charge in [-0.15, -0.1) is 0 Å². The number of urea groups is 1. The van der Waals surface area contributed by atoms with Gasteiger partial charge in [0.15, 0.2) is 6.04 Å². The highest BCUT2D eigenvalue weighted by Gasteiger charge is 2.33. The lowest BCUT2D eigenvalue weighted by Crippen LogP contribution is -2.32. The molecule has 3 N–H and O–H groups in total. The molecule has 3 amide bonds. The fourth-order valence-corrected chi connectivity index (χ4v) is 2.78. The van der Waals surface area contributed by atoms with E-state index in [2.05, 4.69) is 22.6 Å². The summed E-state index contributed by atoms with van der Waals surface area (Å²) in [6.07, 6.45) is 4.43. The fourth-order valence-electron chi connectivity index (χ4n) is 2.78. The summed E-state index contributed by atoms with van der Waals surface area (Å²) in [5.41, 5.74) is 0. The Hall–Kier alpha value is -2.61. The van der Waals surface area contributed by atoms with Crippen LogP contribution in [0.3, 0.4) is 0 Å². The number of hydrogen-bond acceptors (Lipinski definition) is 5. The highest BCUT2D eigenvalue weighted by atomic mass is 16.3. The first-order valence-corrected chi connectivity index (χ1v) is 7.94. The maximum atomic E-state index is 11.6. The molecule has 128 valence electrons. The molecule has 2 aliphatic heterocycles. The minimum atomic E-state index is -0.791. The third-order valence-electron chi connectivity index (χ3n) is 4.17. The molecule has 1 aromatic rings. The van der Waals surface area contributed by atoms with E-state index in [4.69, 9.17) is 9.83 Å². The van der Waals surface area contributed by atoms with Crippen LogP contribution >= 0.6 is 0 Å². The van der Waals surface area contributed by atoms with Crippen LogP contribution in [0.5, 0.6) is 0 Å². The molecule has 2 fully saturated rings. The van der Waals surface area contributed by atoms with Crippen LogP contribution in [0.4, 0.5) is 4.79 Å². The maximum Gasteiger partial charge on any atom is 0.322 e. The molecular weight excluding hydrogens is 310 g/mol. The van der Waals surface area contributed by atoms with Gasteiger partial charge >= 0.3 is 6.03 Å². The number of likely N-dealkylation sites (N-methyl/N-ethyl adjacent to an activating group) is 1. The Labute approximate surface area is 140 Å². The second kappa shape index (κ2) is 6.88. The van der Waals surface area contributed by atoms with E-state index in [9.17, 15) is 9.59 Å². The van der Waals surface area contributed by atoms with E-state index >= 15 is 0 Å². The smallest absolute Gasteiger partial charge is 0.322 e. The third kappa shape index (κ3) is 3.65. The number of carbonyl (C=O) groups is 2. The maximum absolute atomic E-state index is 11.6. The first kappa shape index (κ1) is 16.3. The van der Waals surface area contributed by atoms with Gasteiger partial charge < -0.3 is 19.5 Å². The summed E-state index contributed by atoms with van der Waals surface area (Å²) in [5.74, 6) is 0.929. The molecule has 8 heteroatoms. The molecule has 24 heavy (non-hydrogen) atoms. The van der Waals surface area contributed by atoms with Gasteiger partial charge in [-0.25, -0.2) is 4.79 Å². The Morgan fingerprint density at radius 3 is 2.88 bits per heavy atom. The first-order valence-electron chi connectivity index (χ1n) is 7.94. The number of amidine groups is 1. The van der Waals surface area contributed by atoms with Gasteiger partial charge in [0.2, 0.25) is 0 Å². The van der Waals surface area contributed by atoms with Gasteiger partial charge in [0.1, 0.15) is 17.4 Å². The predicted octanol–water partition coefficient (Wildman–Crippen LogP) is 0.788. The number of imide groups is 1. The molecular formula is C16H21N5O3. The molecule has 0 radical (unpaired) electrons. The number of furan rings is 1. The fraction of sp³-hybridized carbons (Fsp3) is 0.438. The predicted molar refractivity (Wildman–Crippen MR) is 88.6 cm³/mol. The number of amides is 3. The highest BCUT2D eigenvalue weighted by Crippen LogP contribution is 2.20. The third-order valence-corrected chi connectivity index (χ3v) is 4.17. The van der Waals surface area contributed by atoms with Crippen molar-refractivity contribution >= 4 is 23.8 Å². The normalized spacial score (nSPS) is 22.5. The second-order valence-corrected chi connectivity index (χ2v) is 6.00. The van der Waals surface area contributed by atoms with Crippen LogP contribution in [0.2, 0.25) is 0 Å². The lowest BCUT2D eigenvalue weighted by molar-refractivity contribution is -0.120. The van der Waals surface area contributed by atoms with E-state index in [0.717, 1.165) is 32.6 Å². The molecule has 0 aromatic carbocycles. The summed E-state index contributed by atoms with van der Waals surface area (Å²) in [4.78, 5) is 27.1. The Morgan fingerprint density at radius 2 is 2.12 bits per heavy atom. The molecule has 2 aliphatic rings. The topological polar surface area (TPSA) is 102 Å². The lowest BCUT2D eigenvalue weighted by Gasteiger charge is -2.21. The molecule has 3 rings (SSSR count). The van der Waals surface area contributed by atoms with Crippen molar-refractivity contribution in [3.8, 4) is 0 Å². The van der Waals surface area contributed by atoms with Crippen LogP contribution in [0.25, 0.3) is 6.08 Å². The standard InChI is InChI=1S/C16H21N5O3/c1-20-7-2-8-21(10-9-20)13(17)6-4-11-3-5-12(24-11)14-15(22)19-16(23)18-14/h3-6,14,17H,2,7-10H2,1H3,(H2,18,19,22,23)/b6-4-,17-13?. The van der Waals surface area contributed by atoms with Crippen molar-refractivity contribution in [3.05, 3.63) is 29.7 Å². The average molecular weight is 331 g/mol. The molecule has 3 heterocycles.